The summed E-state index contributed by atoms with van der Waals surface area (Å²) < 4.78 is 0. The molecule has 0 saturated carbocycles. The molecule has 0 aliphatic carbocycles. The van der Waals surface area contributed by atoms with E-state index in [0.29, 0.717) is 11.4 Å². The fourth-order valence-corrected chi connectivity index (χ4v) is 1.15. The monoisotopic (exact) mass is 220 g/mol. The molecule has 5 nitrogen and oxygen atoms in total. The van der Waals surface area contributed by atoms with Crippen molar-refractivity contribution in [3.8, 4) is 0 Å². The molecule has 0 aromatic carbocycles. The number of carboxylic acid groups (broad SMARTS) is 1. The molecule has 1 aromatic rings. The van der Waals surface area contributed by atoms with Gasteiger partial charge in [0.1, 0.15) is 5.82 Å². The number of carboxylic acids is 1. The summed E-state index contributed by atoms with van der Waals surface area (Å²) in [6.07, 6.45) is 3.98. The normalized spacial score (nSPS) is 10.4. The van der Waals surface area contributed by atoms with Crippen LogP contribution in [0.5, 0.6) is 0 Å². The fraction of sp³-hybridized carbons (Fsp3) is 0.182. The highest BCUT2D eigenvalue weighted by molar-refractivity contribution is 5.88. The molecule has 0 spiro atoms. The zero-order valence-electron chi connectivity index (χ0n) is 9.02. The summed E-state index contributed by atoms with van der Waals surface area (Å²) in [5.41, 5.74) is 1.46. The van der Waals surface area contributed by atoms with Gasteiger partial charge in [0.25, 0.3) is 0 Å². The number of anilines is 1. The minimum absolute atomic E-state index is 0.190. The molecule has 0 aliphatic heterocycles. The maximum absolute atomic E-state index is 10.8. The van der Waals surface area contributed by atoms with Crippen LogP contribution in [0.15, 0.2) is 18.3 Å². The van der Waals surface area contributed by atoms with Crippen LogP contribution in [-0.4, -0.2) is 22.0 Å². The van der Waals surface area contributed by atoms with Crippen LogP contribution in [0.25, 0.3) is 6.08 Å². The van der Waals surface area contributed by atoms with Crippen LogP contribution >= 0.6 is 0 Å². The van der Waals surface area contributed by atoms with Gasteiger partial charge >= 0.3 is 5.97 Å². The van der Waals surface area contributed by atoms with Crippen molar-refractivity contribution >= 4 is 23.8 Å². The van der Waals surface area contributed by atoms with E-state index in [9.17, 15) is 9.59 Å². The first-order valence-electron chi connectivity index (χ1n) is 4.64. The molecule has 0 aliphatic rings. The number of nitrogens with one attached hydrogen (secondary N) is 1. The number of amides is 1. The Morgan fingerprint density at radius 2 is 2.19 bits per heavy atom. The number of carbonyl (C=O) groups is 2. The van der Waals surface area contributed by atoms with E-state index >= 15 is 0 Å². The molecule has 1 heterocycles. The zero-order chi connectivity index (χ0) is 12.1. The summed E-state index contributed by atoms with van der Waals surface area (Å²) >= 11 is 0. The van der Waals surface area contributed by atoms with Gasteiger partial charge in [-0.3, -0.25) is 4.79 Å². The number of aryl methyl sites for hydroxylation is 1. The molecule has 0 bridgehead atoms. The summed E-state index contributed by atoms with van der Waals surface area (Å²) in [5.74, 6) is -0.715. The van der Waals surface area contributed by atoms with Crippen molar-refractivity contribution in [1.29, 1.82) is 0 Å². The molecule has 0 saturated heterocycles. The maximum Gasteiger partial charge on any atom is 0.328 e. The number of hydrogen-bond donors (Lipinski definition) is 2. The van der Waals surface area contributed by atoms with Gasteiger partial charge in [0.15, 0.2) is 0 Å². The Labute approximate surface area is 92.8 Å². The molecule has 84 valence electrons. The van der Waals surface area contributed by atoms with Crippen LogP contribution in [0.1, 0.15) is 18.1 Å². The van der Waals surface area contributed by atoms with Gasteiger partial charge in [0, 0.05) is 19.2 Å². The quantitative estimate of drug-likeness (QED) is 0.755. The van der Waals surface area contributed by atoms with Crippen molar-refractivity contribution in [2.45, 2.75) is 13.8 Å². The maximum atomic E-state index is 10.8. The van der Waals surface area contributed by atoms with Crippen LogP contribution in [-0.2, 0) is 9.59 Å². The van der Waals surface area contributed by atoms with E-state index in [2.05, 4.69) is 10.3 Å². The molecule has 0 fully saturated rings. The zero-order valence-corrected chi connectivity index (χ0v) is 9.02. The van der Waals surface area contributed by atoms with Crippen molar-refractivity contribution in [2.24, 2.45) is 0 Å². The van der Waals surface area contributed by atoms with E-state index in [1.54, 1.807) is 13.0 Å². The van der Waals surface area contributed by atoms with Crippen LogP contribution < -0.4 is 5.32 Å². The number of pyridine rings is 1. The van der Waals surface area contributed by atoms with Crippen molar-refractivity contribution in [3.05, 3.63) is 29.5 Å². The van der Waals surface area contributed by atoms with Gasteiger partial charge in [-0.1, -0.05) is 0 Å². The Morgan fingerprint density at radius 1 is 1.50 bits per heavy atom. The Bertz CT molecular complexity index is 453. The number of nitrogens with zero attached hydrogens (tertiary/aromatic N) is 1. The Balaban J connectivity index is 2.90. The molecule has 16 heavy (non-hydrogen) atoms. The summed E-state index contributed by atoms with van der Waals surface area (Å²) in [5, 5.41) is 11.0. The molecule has 0 unspecified atom stereocenters. The number of aliphatic carboxylic acids is 1. The third-order valence-corrected chi connectivity index (χ3v) is 1.81. The number of aromatic nitrogens is 1. The Hall–Kier alpha value is -2.17. The van der Waals surface area contributed by atoms with Crippen molar-refractivity contribution in [2.75, 3.05) is 5.32 Å². The summed E-state index contributed by atoms with van der Waals surface area (Å²) in [6, 6.07) is 1.75. The highest BCUT2D eigenvalue weighted by Gasteiger charge is 2.02. The third-order valence-electron chi connectivity index (χ3n) is 1.81. The minimum Gasteiger partial charge on any atom is -0.478 e. The molecule has 5 heteroatoms. The summed E-state index contributed by atoms with van der Waals surface area (Å²) in [4.78, 5) is 25.1. The predicted molar refractivity (Wildman–Crippen MR) is 59.9 cm³/mol. The molecule has 1 amide bonds. The van der Waals surface area contributed by atoms with E-state index in [-0.39, 0.29) is 5.91 Å². The molecule has 1 aromatic heterocycles. The molecular weight excluding hydrogens is 208 g/mol. The second-order valence-corrected chi connectivity index (χ2v) is 3.29. The van der Waals surface area contributed by atoms with Crippen LogP contribution in [0.2, 0.25) is 0 Å². The molecule has 0 radical (unpaired) electrons. The highest BCUT2D eigenvalue weighted by Crippen LogP contribution is 2.13. The van der Waals surface area contributed by atoms with Crippen LogP contribution in [0.3, 0.4) is 0 Å². The fourth-order valence-electron chi connectivity index (χ4n) is 1.15. The lowest BCUT2D eigenvalue weighted by Gasteiger charge is -2.05. The lowest BCUT2D eigenvalue weighted by Crippen LogP contribution is -2.08. The summed E-state index contributed by atoms with van der Waals surface area (Å²) in [7, 11) is 0. The lowest BCUT2D eigenvalue weighted by atomic mass is 10.2. The van der Waals surface area contributed by atoms with Gasteiger partial charge in [0.2, 0.25) is 5.91 Å². The third kappa shape index (κ3) is 3.53. The van der Waals surface area contributed by atoms with Crippen LogP contribution in [0.4, 0.5) is 5.82 Å². The van der Waals surface area contributed by atoms with Gasteiger partial charge in [-0.15, -0.1) is 0 Å². The van der Waals surface area contributed by atoms with Crippen molar-refractivity contribution < 1.29 is 14.7 Å². The second kappa shape index (κ2) is 5.06. The number of hydrogen-bond acceptors (Lipinski definition) is 3. The van der Waals surface area contributed by atoms with Gasteiger partial charge in [-0.2, -0.15) is 0 Å². The largest absolute Gasteiger partial charge is 0.478 e. The first-order chi connectivity index (χ1) is 7.49. The van der Waals surface area contributed by atoms with E-state index in [4.69, 9.17) is 5.11 Å². The molecule has 0 atom stereocenters. The SMILES string of the molecule is CC(=O)Nc1ncc(C=CC(=O)O)cc1C. The average Bonchev–Trinajstić information content (AvgIpc) is 2.18. The highest BCUT2D eigenvalue weighted by atomic mass is 16.4. The van der Waals surface area contributed by atoms with E-state index in [1.165, 1.54) is 19.2 Å². The minimum atomic E-state index is -1.01. The lowest BCUT2D eigenvalue weighted by molar-refractivity contribution is -0.131. The standard InChI is InChI=1S/C11H12N2O3/c1-7-5-9(3-4-10(15)16)6-12-11(7)13-8(2)14/h3-6H,1-2H3,(H,15,16)(H,12,13,14). The summed E-state index contributed by atoms with van der Waals surface area (Å²) in [6.45, 7) is 3.19. The van der Waals surface area contributed by atoms with Gasteiger partial charge in [-0.25, -0.2) is 9.78 Å². The van der Waals surface area contributed by atoms with E-state index in [1.807, 2.05) is 0 Å². The van der Waals surface area contributed by atoms with Gasteiger partial charge in [-0.05, 0) is 30.2 Å². The van der Waals surface area contributed by atoms with Crippen molar-refractivity contribution in [3.63, 3.8) is 0 Å². The van der Waals surface area contributed by atoms with Gasteiger partial charge in [0.05, 0.1) is 0 Å². The first-order valence-corrected chi connectivity index (χ1v) is 4.64. The number of rotatable bonds is 3. The smallest absolute Gasteiger partial charge is 0.328 e. The first kappa shape index (κ1) is 11.9. The van der Waals surface area contributed by atoms with Crippen molar-refractivity contribution in [1.82, 2.24) is 4.98 Å². The molecule has 1 rings (SSSR count). The van der Waals surface area contributed by atoms with E-state index in [0.717, 1.165) is 11.6 Å². The van der Waals surface area contributed by atoms with Crippen LogP contribution in [0, 0.1) is 6.92 Å². The van der Waals surface area contributed by atoms with Gasteiger partial charge < -0.3 is 10.4 Å². The number of carbonyl (C=O) groups excluding carboxylic acids is 1. The molecule has 2 N–H and O–H groups in total. The average molecular weight is 220 g/mol. The topological polar surface area (TPSA) is 79.3 Å². The predicted octanol–water partition coefficient (Wildman–Crippen LogP) is 1.45. The van der Waals surface area contributed by atoms with E-state index < -0.39 is 5.97 Å². The Kier molecular flexibility index (Phi) is 3.77. The molecular formula is C11H12N2O3. The second-order valence-electron chi connectivity index (χ2n) is 3.29. The Morgan fingerprint density at radius 3 is 2.69 bits per heavy atom.